The van der Waals surface area contributed by atoms with Crippen molar-refractivity contribution in [3.63, 3.8) is 0 Å². The van der Waals surface area contributed by atoms with Gasteiger partial charge in [-0.1, -0.05) is 24.4 Å². The van der Waals surface area contributed by atoms with Crippen molar-refractivity contribution in [1.29, 1.82) is 0 Å². The van der Waals surface area contributed by atoms with Crippen LogP contribution in [0.25, 0.3) is 0 Å². The van der Waals surface area contributed by atoms with Crippen LogP contribution in [0.3, 0.4) is 0 Å². The van der Waals surface area contributed by atoms with Crippen LogP contribution in [-0.2, 0) is 11.2 Å². The second-order valence-corrected chi connectivity index (χ2v) is 5.60. The molecule has 1 aromatic carbocycles. The van der Waals surface area contributed by atoms with E-state index < -0.39 is 11.7 Å². The minimum Gasteiger partial charge on any atom is -0.390 e. The minimum atomic E-state index is -0.692. The predicted octanol–water partition coefficient (Wildman–Crippen LogP) is 3.73. The van der Waals surface area contributed by atoms with Crippen molar-refractivity contribution < 1.29 is 14.2 Å². The summed E-state index contributed by atoms with van der Waals surface area (Å²) >= 11 is 5.88. The molecule has 1 saturated carbocycles. The summed E-state index contributed by atoms with van der Waals surface area (Å²) in [5.41, 5.74) is -0.0604. The zero-order valence-corrected chi connectivity index (χ0v) is 11.9. The van der Waals surface area contributed by atoms with Gasteiger partial charge in [-0.2, -0.15) is 0 Å². The second-order valence-electron chi connectivity index (χ2n) is 5.16. The van der Waals surface area contributed by atoms with Gasteiger partial charge in [-0.3, -0.25) is 0 Å². The number of hydrogen-bond donors (Lipinski definition) is 1. The number of rotatable bonds is 5. The van der Waals surface area contributed by atoms with Crippen LogP contribution in [0.2, 0.25) is 5.02 Å². The van der Waals surface area contributed by atoms with Gasteiger partial charge in [0.2, 0.25) is 0 Å². The molecule has 0 aromatic heterocycles. The van der Waals surface area contributed by atoms with E-state index in [0.29, 0.717) is 17.2 Å². The molecule has 106 valence electrons. The van der Waals surface area contributed by atoms with Gasteiger partial charge < -0.3 is 9.84 Å². The Bertz CT molecular complexity index is 430. The lowest BCUT2D eigenvalue weighted by Gasteiger charge is -2.34. The Hall–Kier alpha value is -0.640. The predicted molar refractivity (Wildman–Crippen MR) is 73.9 cm³/mol. The Balaban J connectivity index is 2.14. The average molecular weight is 287 g/mol. The summed E-state index contributed by atoms with van der Waals surface area (Å²) in [6.07, 6.45) is 3.33. The highest BCUT2D eigenvalue weighted by molar-refractivity contribution is 6.30. The van der Waals surface area contributed by atoms with E-state index in [9.17, 15) is 9.50 Å². The molecule has 1 N–H and O–H groups in total. The van der Waals surface area contributed by atoms with Crippen LogP contribution in [0.1, 0.15) is 38.2 Å². The van der Waals surface area contributed by atoms with Crippen molar-refractivity contribution in [2.24, 2.45) is 0 Å². The fourth-order valence-corrected chi connectivity index (χ4v) is 3.12. The van der Waals surface area contributed by atoms with Crippen molar-refractivity contribution in [3.05, 3.63) is 34.6 Å². The van der Waals surface area contributed by atoms with Crippen LogP contribution in [0.15, 0.2) is 18.2 Å². The van der Waals surface area contributed by atoms with Gasteiger partial charge in [0.1, 0.15) is 5.82 Å². The van der Waals surface area contributed by atoms with Gasteiger partial charge in [0.05, 0.1) is 11.7 Å². The van der Waals surface area contributed by atoms with Gasteiger partial charge in [-0.05, 0) is 43.5 Å². The zero-order chi connectivity index (χ0) is 13.9. The van der Waals surface area contributed by atoms with Crippen molar-refractivity contribution in [1.82, 2.24) is 0 Å². The van der Waals surface area contributed by atoms with E-state index in [-0.39, 0.29) is 12.2 Å². The Morgan fingerprint density at radius 2 is 2.11 bits per heavy atom. The van der Waals surface area contributed by atoms with E-state index in [1.807, 2.05) is 6.92 Å². The molecule has 1 aliphatic rings. The third kappa shape index (κ3) is 3.28. The zero-order valence-electron chi connectivity index (χ0n) is 11.2. The lowest BCUT2D eigenvalue weighted by atomic mass is 9.89. The molecule has 0 amide bonds. The fourth-order valence-electron chi connectivity index (χ4n) is 2.93. The average Bonchev–Trinajstić information content (AvgIpc) is 2.84. The largest absolute Gasteiger partial charge is 0.390 e. The fraction of sp³-hybridized carbons (Fsp3) is 0.600. The summed E-state index contributed by atoms with van der Waals surface area (Å²) in [7, 11) is 0. The molecule has 2 nitrogen and oxygen atoms in total. The lowest BCUT2D eigenvalue weighted by molar-refractivity contribution is -0.115. The van der Waals surface area contributed by atoms with E-state index in [0.717, 1.165) is 25.7 Å². The van der Waals surface area contributed by atoms with Crippen LogP contribution >= 0.6 is 11.6 Å². The standard InChI is InChI=1S/C15H20ClFO2/c1-2-19-15(7-3-4-8-15)14(18)10-11-9-12(16)5-6-13(11)17/h5-6,9,14,18H,2-4,7-8,10H2,1H3. The molecular weight excluding hydrogens is 267 g/mol. The topological polar surface area (TPSA) is 29.5 Å². The maximum absolute atomic E-state index is 13.7. The summed E-state index contributed by atoms with van der Waals surface area (Å²) in [5, 5.41) is 11.0. The first-order chi connectivity index (χ1) is 9.07. The molecule has 19 heavy (non-hydrogen) atoms. The maximum Gasteiger partial charge on any atom is 0.126 e. The summed E-state index contributed by atoms with van der Waals surface area (Å²) in [6.45, 7) is 2.49. The molecule has 2 rings (SSSR count). The normalized spacial score (nSPS) is 19.6. The Labute approximate surface area is 118 Å². The number of benzene rings is 1. The first-order valence-corrected chi connectivity index (χ1v) is 7.21. The van der Waals surface area contributed by atoms with Gasteiger partial charge in [-0.25, -0.2) is 4.39 Å². The van der Waals surface area contributed by atoms with E-state index in [4.69, 9.17) is 16.3 Å². The van der Waals surface area contributed by atoms with Crippen molar-refractivity contribution >= 4 is 11.6 Å². The first-order valence-electron chi connectivity index (χ1n) is 6.83. The molecule has 0 spiro atoms. The van der Waals surface area contributed by atoms with E-state index in [1.165, 1.54) is 12.1 Å². The highest BCUT2D eigenvalue weighted by Gasteiger charge is 2.41. The lowest BCUT2D eigenvalue weighted by Crippen LogP contribution is -2.44. The molecule has 0 bridgehead atoms. The van der Waals surface area contributed by atoms with Crippen LogP contribution in [-0.4, -0.2) is 23.4 Å². The van der Waals surface area contributed by atoms with Crippen LogP contribution in [0, 0.1) is 5.82 Å². The van der Waals surface area contributed by atoms with Crippen molar-refractivity contribution in [2.45, 2.75) is 50.7 Å². The van der Waals surface area contributed by atoms with Gasteiger partial charge in [-0.15, -0.1) is 0 Å². The van der Waals surface area contributed by atoms with Crippen LogP contribution in [0.5, 0.6) is 0 Å². The Kier molecular flexibility index (Phi) is 4.82. The smallest absolute Gasteiger partial charge is 0.126 e. The van der Waals surface area contributed by atoms with E-state index in [2.05, 4.69) is 0 Å². The second kappa shape index (κ2) is 6.21. The number of aliphatic hydroxyl groups excluding tert-OH is 1. The number of aliphatic hydroxyl groups is 1. The molecule has 1 fully saturated rings. The molecule has 0 radical (unpaired) electrons. The highest BCUT2D eigenvalue weighted by atomic mass is 35.5. The first kappa shape index (κ1) is 14.8. The molecule has 0 saturated heterocycles. The van der Waals surface area contributed by atoms with Gasteiger partial charge in [0.15, 0.2) is 0 Å². The van der Waals surface area contributed by atoms with Crippen molar-refractivity contribution in [2.75, 3.05) is 6.61 Å². The molecule has 4 heteroatoms. The summed E-state index contributed by atoms with van der Waals surface area (Å²) in [6, 6.07) is 4.43. The number of hydrogen-bond acceptors (Lipinski definition) is 2. The van der Waals surface area contributed by atoms with Crippen molar-refractivity contribution in [3.8, 4) is 0 Å². The summed E-state index contributed by atoms with van der Waals surface area (Å²) in [5.74, 6) is -0.326. The molecular formula is C15H20ClFO2. The molecule has 1 unspecified atom stereocenters. The number of ether oxygens (including phenoxy) is 1. The molecule has 1 aliphatic carbocycles. The molecule has 1 atom stereocenters. The SMILES string of the molecule is CCOC1(C(O)Cc2cc(Cl)ccc2F)CCCC1. The monoisotopic (exact) mass is 286 g/mol. The Morgan fingerprint density at radius 3 is 2.74 bits per heavy atom. The summed E-state index contributed by atoms with van der Waals surface area (Å²) in [4.78, 5) is 0. The minimum absolute atomic E-state index is 0.242. The van der Waals surface area contributed by atoms with Crippen LogP contribution < -0.4 is 0 Å². The quantitative estimate of drug-likeness (QED) is 0.894. The molecule has 1 aromatic rings. The van der Waals surface area contributed by atoms with Gasteiger partial charge >= 0.3 is 0 Å². The van der Waals surface area contributed by atoms with E-state index in [1.54, 1.807) is 6.07 Å². The molecule has 0 aliphatic heterocycles. The number of halogens is 2. The van der Waals surface area contributed by atoms with Gasteiger partial charge in [0, 0.05) is 18.1 Å². The van der Waals surface area contributed by atoms with E-state index >= 15 is 0 Å². The highest BCUT2D eigenvalue weighted by Crippen LogP contribution is 2.37. The summed E-state index contributed by atoms with van der Waals surface area (Å²) < 4.78 is 19.5. The molecule has 0 heterocycles. The maximum atomic E-state index is 13.7. The third-order valence-electron chi connectivity index (χ3n) is 3.91. The van der Waals surface area contributed by atoms with Gasteiger partial charge in [0.25, 0.3) is 0 Å². The van der Waals surface area contributed by atoms with Crippen LogP contribution in [0.4, 0.5) is 4.39 Å². The third-order valence-corrected chi connectivity index (χ3v) is 4.15. The Morgan fingerprint density at radius 1 is 1.42 bits per heavy atom.